The van der Waals surface area contributed by atoms with Gasteiger partial charge in [0.25, 0.3) is 22.9 Å². The first-order valence-corrected chi connectivity index (χ1v) is 33.4. The molecule has 6 aromatic heterocycles. The quantitative estimate of drug-likeness (QED) is 0.0231. The monoisotopic (exact) mass is 1300 g/mol. The van der Waals surface area contributed by atoms with Crippen molar-refractivity contribution >= 4 is 104 Å². The van der Waals surface area contributed by atoms with Crippen LogP contribution in [0.3, 0.4) is 0 Å². The molecule has 8 heterocycles. The summed E-state index contributed by atoms with van der Waals surface area (Å²) in [7, 11) is 0. The third kappa shape index (κ3) is 15.1. The van der Waals surface area contributed by atoms with Crippen LogP contribution >= 0.6 is 0 Å². The molecule has 0 radical (unpaired) electrons. The molecule has 0 atom stereocenters. The number of fused-ring (bicyclic) bond motifs is 2. The Morgan fingerprint density at radius 2 is 0.854 bits per heavy atom. The van der Waals surface area contributed by atoms with Crippen LogP contribution in [0.1, 0.15) is 152 Å². The summed E-state index contributed by atoms with van der Waals surface area (Å²) in [5, 5.41) is 16.4. The zero-order valence-corrected chi connectivity index (χ0v) is 54.8. The Morgan fingerprint density at radius 1 is 0.479 bits per heavy atom. The number of hydrogen-bond acceptors (Lipinski definition) is 20. The fraction of sp³-hybridized carbons (Fsp3) is 0.389. The van der Waals surface area contributed by atoms with Crippen molar-refractivity contribution in [3.63, 3.8) is 0 Å². The number of carbonyl (C=O) groups is 4. The van der Waals surface area contributed by atoms with Crippen LogP contribution in [0.15, 0.2) is 119 Å². The molecule has 0 spiro atoms. The van der Waals surface area contributed by atoms with Crippen molar-refractivity contribution in [2.45, 2.75) is 129 Å². The predicted molar refractivity (Wildman–Crippen MR) is 373 cm³/mol. The number of benzene rings is 2. The highest BCUT2D eigenvalue weighted by atomic mass is 16.7. The van der Waals surface area contributed by atoms with E-state index in [0.29, 0.717) is 56.7 Å². The van der Waals surface area contributed by atoms with Crippen molar-refractivity contribution in [1.82, 2.24) is 50.0 Å². The van der Waals surface area contributed by atoms with Crippen LogP contribution in [0.25, 0.3) is 34.2 Å². The standard InChI is InChI=1S/C39H46N8O4.C33H36N8O4/c1-26-33-25-41-39(43-37(33)47(30-8-6-7-9-30)38(50)36(26)27(2)48)42-34-18-17-31(24-40-34)46-22-20-45(21-23-46)29-15-12-28(13-16-29)14-19-35(49)44-51-32-10-4-3-5-11-32;1-21-27-20-35-33(37-31(27)41(25-5-3-4-6-25)32(44)30(21)22(2)42)36-28-13-12-26(19-34-28)40-17-15-39(16-18-40)24-10-7-23(8-11-24)9-14-29(43)38-45/h12-19,24-25,30,32H,3-11,20-23H2,1-2H3,(H,44,49)(H,40,41,42,43);7-14,19-20,25,45H,3-6,15-18H2,1-2H3,(H,38,43)(H,34,35,36,37)/b19-14+;14-9+. The van der Waals surface area contributed by atoms with Crippen molar-refractivity contribution in [3.05, 3.63) is 164 Å². The van der Waals surface area contributed by atoms with Crippen LogP contribution < -0.4 is 52.3 Å². The maximum atomic E-state index is 13.5. The molecule has 3 aliphatic carbocycles. The summed E-state index contributed by atoms with van der Waals surface area (Å²) in [6.07, 6.45) is 26.7. The first-order valence-electron chi connectivity index (χ1n) is 33.4. The average Bonchev–Trinajstić information content (AvgIpc) is 1.00. The molecule has 13 rings (SSSR count). The Bertz CT molecular complexity index is 4310. The van der Waals surface area contributed by atoms with E-state index in [4.69, 9.17) is 20.0 Å². The lowest BCUT2D eigenvalue weighted by atomic mass is 9.98. The topological polar surface area (TPSA) is 280 Å². The van der Waals surface area contributed by atoms with Crippen LogP contribution in [-0.2, 0) is 14.4 Å². The molecule has 2 saturated heterocycles. The third-order valence-corrected chi connectivity index (χ3v) is 19.1. The number of carbonyl (C=O) groups excluding carboxylic acids is 4. The molecule has 0 unspecified atom stereocenters. The lowest BCUT2D eigenvalue weighted by molar-refractivity contribution is -0.134. The van der Waals surface area contributed by atoms with Crippen LogP contribution in [-0.4, -0.2) is 126 Å². The van der Waals surface area contributed by atoms with Crippen LogP contribution in [0.2, 0.25) is 0 Å². The molecule has 8 aromatic rings. The van der Waals surface area contributed by atoms with Gasteiger partial charge in [-0.25, -0.2) is 30.9 Å². The second kappa shape index (κ2) is 30.0. The number of nitrogens with zero attached hydrogens (tertiary/aromatic N) is 12. The van der Waals surface area contributed by atoms with Gasteiger partial charge in [0.15, 0.2) is 11.6 Å². The van der Waals surface area contributed by atoms with Gasteiger partial charge in [-0.3, -0.25) is 47.9 Å². The minimum Gasteiger partial charge on any atom is -0.368 e. The molecule has 3 saturated carbocycles. The largest absolute Gasteiger partial charge is 0.368 e. The SMILES string of the molecule is CC(=O)c1c(C)c2cnc(Nc3ccc(N4CCN(c5ccc(/C=C/C(=O)NO)cc5)CC4)cn3)nc2n(C2CCCC2)c1=O.CC(=O)c1c(C)c2cnc(Nc3ccc(N4CCN(c5ccc(/C=C/C(=O)NOC6CCCCC6)cc5)CC4)cn3)nc2n(C2CCCC2)c1=O. The average molecular weight is 1300 g/mol. The molecule has 0 bridgehead atoms. The van der Waals surface area contributed by atoms with E-state index in [9.17, 15) is 28.8 Å². The molecule has 5 N–H and O–H groups in total. The van der Waals surface area contributed by atoms with Crippen molar-refractivity contribution in [2.75, 3.05) is 82.6 Å². The molecule has 24 nitrogen and oxygen atoms in total. The Hall–Kier alpha value is -10.2. The van der Waals surface area contributed by atoms with Crippen molar-refractivity contribution in [2.24, 2.45) is 0 Å². The van der Waals surface area contributed by atoms with Crippen LogP contribution in [0.5, 0.6) is 0 Å². The van der Waals surface area contributed by atoms with E-state index < -0.39 is 5.91 Å². The smallest absolute Gasteiger partial charge is 0.267 e. The summed E-state index contributed by atoms with van der Waals surface area (Å²) >= 11 is 0. The number of ketones is 2. The minimum atomic E-state index is -0.568. The molecule has 2 aromatic carbocycles. The maximum absolute atomic E-state index is 13.5. The zero-order valence-electron chi connectivity index (χ0n) is 54.8. The fourth-order valence-corrected chi connectivity index (χ4v) is 13.9. The van der Waals surface area contributed by atoms with Gasteiger partial charge in [-0.2, -0.15) is 9.97 Å². The Balaban J connectivity index is 0.000000185. The molecule has 96 heavy (non-hydrogen) atoms. The van der Waals surface area contributed by atoms with Crippen molar-refractivity contribution < 1.29 is 29.2 Å². The first-order chi connectivity index (χ1) is 46.7. The van der Waals surface area contributed by atoms with Gasteiger partial charge < -0.3 is 30.2 Å². The van der Waals surface area contributed by atoms with Crippen molar-refractivity contribution in [3.8, 4) is 0 Å². The van der Waals surface area contributed by atoms with E-state index in [1.807, 2.05) is 73.1 Å². The lowest BCUT2D eigenvalue weighted by Gasteiger charge is -2.37. The Morgan fingerprint density at radius 3 is 1.23 bits per heavy atom. The highest BCUT2D eigenvalue weighted by Crippen LogP contribution is 2.35. The first kappa shape index (κ1) is 65.8. The van der Waals surface area contributed by atoms with Gasteiger partial charge in [-0.15, -0.1) is 0 Å². The molecule has 2 aliphatic heterocycles. The van der Waals surface area contributed by atoms with Crippen LogP contribution in [0, 0.1) is 13.8 Å². The second-order valence-electron chi connectivity index (χ2n) is 25.4. The van der Waals surface area contributed by atoms with E-state index in [1.54, 1.807) is 53.0 Å². The summed E-state index contributed by atoms with van der Waals surface area (Å²) in [5.41, 5.74) is 12.5. The fourth-order valence-electron chi connectivity index (χ4n) is 13.9. The summed E-state index contributed by atoms with van der Waals surface area (Å²) < 4.78 is 3.43. The number of anilines is 8. The van der Waals surface area contributed by atoms with E-state index in [1.165, 1.54) is 32.4 Å². The van der Waals surface area contributed by atoms with Crippen LogP contribution in [0.4, 0.5) is 46.3 Å². The van der Waals surface area contributed by atoms with E-state index in [2.05, 4.69) is 67.8 Å². The van der Waals surface area contributed by atoms with Gasteiger partial charge in [0.05, 0.1) is 41.0 Å². The summed E-state index contributed by atoms with van der Waals surface area (Å²) in [4.78, 5) is 118. The highest BCUT2D eigenvalue weighted by Gasteiger charge is 2.29. The molecule has 498 valence electrons. The number of piperazine rings is 2. The van der Waals surface area contributed by atoms with Gasteiger partial charge in [0.2, 0.25) is 11.9 Å². The Labute approximate surface area is 556 Å². The lowest BCUT2D eigenvalue weighted by Crippen LogP contribution is -2.46. The molecule has 24 heteroatoms. The van der Waals surface area contributed by atoms with Gasteiger partial charge in [0, 0.05) is 111 Å². The normalized spacial score (nSPS) is 16.6. The number of nitrogens with one attached hydrogen (secondary N) is 4. The summed E-state index contributed by atoms with van der Waals surface area (Å²) in [6.45, 7) is 13.3. The van der Waals surface area contributed by atoms with E-state index in [0.717, 1.165) is 163 Å². The van der Waals surface area contributed by atoms with E-state index >= 15 is 0 Å². The van der Waals surface area contributed by atoms with Gasteiger partial charge in [-0.05, 0) is 149 Å². The molecule has 5 fully saturated rings. The number of Topliss-reactive ketones (excluding diaryl/α,β-unsaturated/α-hetero) is 2. The predicted octanol–water partition coefficient (Wildman–Crippen LogP) is 10.7. The number of aromatic nitrogens is 8. The van der Waals surface area contributed by atoms with Gasteiger partial charge >= 0.3 is 0 Å². The number of hydrogen-bond donors (Lipinski definition) is 5. The number of hydroxylamine groups is 2. The van der Waals surface area contributed by atoms with Gasteiger partial charge in [0.1, 0.15) is 22.9 Å². The number of pyridine rings is 4. The van der Waals surface area contributed by atoms with E-state index in [-0.39, 0.29) is 57.9 Å². The highest BCUT2D eigenvalue weighted by molar-refractivity contribution is 6.00. The molecule has 2 amide bonds. The summed E-state index contributed by atoms with van der Waals surface area (Å²) in [6, 6.07) is 24.1. The zero-order chi connectivity index (χ0) is 66.8. The number of rotatable bonds is 18. The Kier molecular flexibility index (Phi) is 20.6. The molecular formula is C72H82N16O8. The third-order valence-electron chi connectivity index (χ3n) is 19.1. The number of amides is 2. The number of aryl methyl sites for hydroxylation is 2. The van der Waals surface area contributed by atoms with Gasteiger partial charge in [-0.1, -0.05) is 69.2 Å². The van der Waals surface area contributed by atoms with Crippen molar-refractivity contribution in [1.29, 1.82) is 0 Å². The molecular weight excluding hydrogens is 1220 g/mol. The molecule has 5 aliphatic rings. The second-order valence-corrected chi connectivity index (χ2v) is 25.4. The summed E-state index contributed by atoms with van der Waals surface area (Å²) in [5.74, 6) is 0.604. The minimum absolute atomic E-state index is 0.0166. The maximum Gasteiger partial charge on any atom is 0.267 e.